The van der Waals surface area contributed by atoms with E-state index in [0.29, 0.717) is 23.7 Å². The van der Waals surface area contributed by atoms with Gasteiger partial charge in [0.15, 0.2) is 11.6 Å². The second kappa shape index (κ2) is 11.6. The number of carbonyl (C=O) groups excluding carboxylic acids is 1. The Morgan fingerprint density at radius 2 is 1.95 bits per heavy atom. The highest BCUT2D eigenvalue weighted by Crippen LogP contribution is 2.37. The van der Waals surface area contributed by atoms with Crippen LogP contribution in [0.5, 0.6) is 0 Å². The fourth-order valence-electron chi connectivity index (χ4n) is 4.74. The average Bonchev–Trinajstić information content (AvgIpc) is 2.89. The van der Waals surface area contributed by atoms with E-state index in [1.54, 1.807) is 13.0 Å². The van der Waals surface area contributed by atoms with Crippen LogP contribution in [0.2, 0.25) is 0 Å². The normalized spacial score (nSPS) is 18.4. The minimum Gasteiger partial charge on any atom is -0.380 e. The molecule has 0 aliphatic carbocycles. The standard InChI is InChI=1S/C27H29F4N5O/c1-15(26(30)31)20-13-33-10-9-19(20)16-5-7-18(8-6-16)36-24-11-23(21(14-35-24)27(32)37)34-12-17-3-2-4-22(28)25(17)29/h2-8,11,14-15,19-20,26,33H,9-10,12-13H2,1H3,(H2,32,37)(H2,34,35,36). The molecule has 0 spiro atoms. The number of rotatable bonds is 9. The molecule has 196 valence electrons. The molecule has 6 nitrogen and oxygen atoms in total. The minimum absolute atomic E-state index is 0.0336. The van der Waals surface area contributed by atoms with Crippen LogP contribution in [0.3, 0.4) is 0 Å². The number of benzene rings is 2. The van der Waals surface area contributed by atoms with Crippen molar-refractivity contribution in [1.29, 1.82) is 0 Å². The Morgan fingerprint density at radius 1 is 1.19 bits per heavy atom. The van der Waals surface area contributed by atoms with Crippen molar-refractivity contribution in [2.24, 2.45) is 17.6 Å². The van der Waals surface area contributed by atoms with Crippen LogP contribution in [0.4, 0.5) is 34.8 Å². The Labute approximate surface area is 212 Å². The van der Waals surface area contributed by atoms with E-state index in [0.717, 1.165) is 24.6 Å². The van der Waals surface area contributed by atoms with Crippen LogP contribution in [-0.2, 0) is 6.54 Å². The van der Waals surface area contributed by atoms with E-state index in [2.05, 4.69) is 20.9 Å². The van der Waals surface area contributed by atoms with Gasteiger partial charge in [0, 0.05) is 36.0 Å². The highest BCUT2D eigenvalue weighted by atomic mass is 19.3. The summed E-state index contributed by atoms with van der Waals surface area (Å²) in [5, 5.41) is 9.30. The Hall–Kier alpha value is -3.66. The largest absolute Gasteiger partial charge is 0.380 e. The second-order valence-corrected chi connectivity index (χ2v) is 9.25. The fourth-order valence-corrected chi connectivity index (χ4v) is 4.74. The number of halogens is 4. The lowest BCUT2D eigenvalue weighted by Gasteiger charge is -2.36. The third-order valence-electron chi connectivity index (χ3n) is 6.88. The van der Waals surface area contributed by atoms with Gasteiger partial charge in [0.1, 0.15) is 5.82 Å². The van der Waals surface area contributed by atoms with Gasteiger partial charge in [0.25, 0.3) is 5.91 Å². The molecule has 1 amide bonds. The number of hydrogen-bond donors (Lipinski definition) is 4. The second-order valence-electron chi connectivity index (χ2n) is 9.25. The average molecular weight is 516 g/mol. The Bertz CT molecular complexity index is 1240. The monoisotopic (exact) mass is 515 g/mol. The van der Waals surface area contributed by atoms with Crippen molar-refractivity contribution in [2.75, 3.05) is 23.7 Å². The first-order chi connectivity index (χ1) is 17.7. The molecule has 0 saturated carbocycles. The summed E-state index contributed by atoms with van der Waals surface area (Å²) in [6, 6.07) is 13.0. The lowest BCUT2D eigenvalue weighted by Crippen LogP contribution is -2.40. The van der Waals surface area contributed by atoms with Crippen molar-refractivity contribution in [3.05, 3.63) is 83.1 Å². The van der Waals surface area contributed by atoms with Gasteiger partial charge in [0.05, 0.1) is 11.3 Å². The van der Waals surface area contributed by atoms with Crippen LogP contribution < -0.4 is 21.7 Å². The van der Waals surface area contributed by atoms with Gasteiger partial charge in [-0.3, -0.25) is 4.79 Å². The summed E-state index contributed by atoms with van der Waals surface area (Å²) in [5.41, 5.74) is 7.66. The van der Waals surface area contributed by atoms with Gasteiger partial charge < -0.3 is 21.7 Å². The number of alkyl halides is 2. The first kappa shape index (κ1) is 26.4. The summed E-state index contributed by atoms with van der Waals surface area (Å²) < 4.78 is 54.4. The predicted octanol–water partition coefficient (Wildman–Crippen LogP) is 5.41. The number of aromatic nitrogens is 1. The van der Waals surface area contributed by atoms with Crippen molar-refractivity contribution in [3.8, 4) is 0 Å². The van der Waals surface area contributed by atoms with E-state index in [-0.39, 0.29) is 29.5 Å². The Balaban J connectivity index is 1.50. The first-order valence-electron chi connectivity index (χ1n) is 12.1. The molecular formula is C27H29F4N5O. The highest BCUT2D eigenvalue weighted by molar-refractivity contribution is 5.98. The molecule has 3 atom stereocenters. The number of carbonyl (C=O) groups is 1. The smallest absolute Gasteiger partial charge is 0.252 e. The number of hydrogen-bond acceptors (Lipinski definition) is 5. The molecule has 2 heterocycles. The molecular weight excluding hydrogens is 486 g/mol. The van der Waals surface area contributed by atoms with Crippen molar-refractivity contribution in [1.82, 2.24) is 10.3 Å². The van der Waals surface area contributed by atoms with Crippen molar-refractivity contribution < 1.29 is 22.4 Å². The molecule has 1 aliphatic rings. The topological polar surface area (TPSA) is 92.1 Å². The molecule has 1 fully saturated rings. The van der Waals surface area contributed by atoms with Crippen molar-refractivity contribution >= 4 is 23.1 Å². The summed E-state index contributed by atoms with van der Waals surface area (Å²) in [6.45, 7) is 2.86. The van der Waals surface area contributed by atoms with Crippen LogP contribution in [0, 0.1) is 23.5 Å². The molecule has 2 aromatic carbocycles. The molecule has 0 bridgehead atoms. The third kappa shape index (κ3) is 6.19. The summed E-state index contributed by atoms with van der Waals surface area (Å²) >= 11 is 0. The highest BCUT2D eigenvalue weighted by Gasteiger charge is 2.34. The number of anilines is 3. The van der Waals surface area contributed by atoms with Crippen LogP contribution in [0.1, 0.15) is 40.7 Å². The summed E-state index contributed by atoms with van der Waals surface area (Å²) in [4.78, 5) is 16.1. The number of pyridine rings is 1. The summed E-state index contributed by atoms with van der Waals surface area (Å²) in [7, 11) is 0. The zero-order valence-corrected chi connectivity index (χ0v) is 20.3. The van der Waals surface area contributed by atoms with Gasteiger partial charge in [-0.25, -0.2) is 22.5 Å². The van der Waals surface area contributed by atoms with E-state index in [1.165, 1.54) is 18.3 Å². The molecule has 3 unspecified atom stereocenters. The van der Waals surface area contributed by atoms with E-state index >= 15 is 0 Å². The quantitative estimate of drug-likeness (QED) is 0.286. The van der Waals surface area contributed by atoms with Gasteiger partial charge in [0.2, 0.25) is 6.43 Å². The number of nitrogens with zero attached hydrogens (tertiary/aromatic N) is 1. The third-order valence-corrected chi connectivity index (χ3v) is 6.88. The van der Waals surface area contributed by atoms with E-state index in [4.69, 9.17) is 5.73 Å². The van der Waals surface area contributed by atoms with Crippen LogP contribution in [0.15, 0.2) is 54.7 Å². The van der Waals surface area contributed by atoms with Gasteiger partial charge in [-0.05, 0) is 55.1 Å². The van der Waals surface area contributed by atoms with Crippen LogP contribution >= 0.6 is 0 Å². The van der Waals surface area contributed by atoms with E-state index in [9.17, 15) is 22.4 Å². The molecule has 4 rings (SSSR count). The molecule has 3 aromatic rings. The Kier molecular flexibility index (Phi) is 8.27. The number of nitrogens with two attached hydrogens (primary N) is 1. The maximum atomic E-state index is 14.0. The maximum Gasteiger partial charge on any atom is 0.252 e. The van der Waals surface area contributed by atoms with Crippen LogP contribution in [-0.4, -0.2) is 30.4 Å². The number of primary amides is 1. The lowest BCUT2D eigenvalue weighted by molar-refractivity contribution is 0.0387. The van der Waals surface area contributed by atoms with Crippen LogP contribution in [0.25, 0.3) is 0 Å². The minimum atomic E-state index is -2.37. The van der Waals surface area contributed by atoms with Gasteiger partial charge in [-0.1, -0.05) is 31.2 Å². The molecule has 0 radical (unpaired) electrons. The fraction of sp³-hybridized carbons (Fsp3) is 0.333. The van der Waals surface area contributed by atoms with Crippen molar-refractivity contribution in [2.45, 2.75) is 32.2 Å². The van der Waals surface area contributed by atoms with E-state index in [1.807, 2.05) is 24.3 Å². The molecule has 5 N–H and O–H groups in total. The van der Waals surface area contributed by atoms with Gasteiger partial charge in [-0.2, -0.15) is 0 Å². The summed E-state index contributed by atoms with van der Waals surface area (Å²) in [6.07, 6.45) is -0.289. The Morgan fingerprint density at radius 3 is 2.65 bits per heavy atom. The van der Waals surface area contributed by atoms with E-state index < -0.39 is 29.9 Å². The van der Waals surface area contributed by atoms with Gasteiger partial charge >= 0.3 is 0 Å². The SMILES string of the molecule is CC(C(F)F)C1CNCCC1c1ccc(Nc2cc(NCc3cccc(F)c3F)c(C(N)=O)cn2)cc1. The van der Waals surface area contributed by atoms with Crippen molar-refractivity contribution in [3.63, 3.8) is 0 Å². The zero-order chi connectivity index (χ0) is 26.5. The lowest BCUT2D eigenvalue weighted by atomic mass is 9.75. The molecule has 37 heavy (non-hydrogen) atoms. The molecule has 1 saturated heterocycles. The molecule has 10 heteroatoms. The predicted molar refractivity (Wildman–Crippen MR) is 135 cm³/mol. The number of piperidine rings is 1. The number of amides is 1. The van der Waals surface area contributed by atoms with Gasteiger partial charge in [-0.15, -0.1) is 0 Å². The zero-order valence-electron chi connectivity index (χ0n) is 20.3. The first-order valence-corrected chi connectivity index (χ1v) is 12.1. The molecule has 1 aromatic heterocycles. The maximum absolute atomic E-state index is 14.0. The summed E-state index contributed by atoms with van der Waals surface area (Å²) in [5.74, 6) is -3.10. The molecule has 1 aliphatic heterocycles. The number of nitrogens with one attached hydrogen (secondary N) is 3.